The van der Waals surface area contributed by atoms with Crippen LogP contribution in [0.5, 0.6) is 0 Å². The molecule has 0 unspecified atom stereocenters. The zero-order valence-electron chi connectivity index (χ0n) is 10.2. The average Bonchev–Trinajstić information content (AvgIpc) is 2.34. The molecule has 0 aliphatic rings. The van der Waals surface area contributed by atoms with E-state index >= 15 is 0 Å². The molecule has 0 amide bonds. The van der Waals surface area contributed by atoms with Crippen molar-refractivity contribution in [2.75, 3.05) is 12.8 Å². The number of methoxy groups -OCH3 is 1. The number of halogens is 3. The van der Waals surface area contributed by atoms with Crippen molar-refractivity contribution in [1.29, 1.82) is 0 Å². The van der Waals surface area contributed by atoms with Crippen LogP contribution in [-0.4, -0.2) is 13.1 Å². The Balaban J connectivity index is 2.84. The summed E-state index contributed by atoms with van der Waals surface area (Å²) in [6.07, 6.45) is -4.15. The van der Waals surface area contributed by atoms with Gasteiger partial charge in [-0.3, -0.25) is 4.79 Å². The molecule has 102 valence electrons. The molecule has 0 aromatic heterocycles. The first-order chi connectivity index (χ1) is 8.84. The lowest BCUT2D eigenvalue weighted by molar-refractivity contribution is -0.140. The number of nitrogen functional groups attached to an aromatic ring is 1. The molecule has 0 spiro atoms. The molecule has 1 aromatic rings. The first-order valence-electron chi connectivity index (χ1n) is 5.37. The third-order valence-corrected chi connectivity index (χ3v) is 2.29. The molecule has 1 aromatic carbocycles. The summed E-state index contributed by atoms with van der Waals surface area (Å²) >= 11 is 0. The highest BCUT2D eigenvalue weighted by atomic mass is 19.4. The molecule has 0 aliphatic heterocycles. The number of nitrogens with two attached hydrogens (primary N) is 1. The smallest absolute Gasteiger partial charge is 0.416 e. The number of anilines is 1. The molecule has 0 aliphatic carbocycles. The Labute approximate surface area is 108 Å². The Bertz CT molecular complexity index is 527. The second-order valence-corrected chi connectivity index (χ2v) is 3.68. The maximum Gasteiger partial charge on any atom is 0.416 e. The van der Waals surface area contributed by atoms with Crippen molar-refractivity contribution < 1.29 is 22.7 Å². The normalized spacial score (nSPS) is 10.5. The van der Waals surface area contributed by atoms with Crippen LogP contribution >= 0.6 is 0 Å². The Hall–Kier alpha value is -2.16. The maximum atomic E-state index is 12.5. The van der Waals surface area contributed by atoms with Crippen LogP contribution < -0.4 is 5.73 Å². The SMILES string of the molecule is COC(=O)CCC#Cc1cc(C(F)(F)F)ccc1N. The van der Waals surface area contributed by atoms with Gasteiger partial charge in [0.25, 0.3) is 0 Å². The second-order valence-electron chi connectivity index (χ2n) is 3.68. The Morgan fingerprint density at radius 3 is 2.68 bits per heavy atom. The number of rotatable bonds is 2. The summed E-state index contributed by atoms with van der Waals surface area (Å²) < 4.78 is 41.9. The van der Waals surface area contributed by atoms with Crippen molar-refractivity contribution in [1.82, 2.24) is 0 Å². The molecule has 0 saturated heterocycles. The molecule has 6 heteroatoms. The van der Waals surface area contributed by atoms with Gasteiger partial charge in [-0.15, -0.1) is 0 Å². The highest BCUT2D eigenvalue weighted by molar-refractivity contribution is 5.69. The monoisotopic (exact) mass is 271 g/mol. The van der Waals surface area contributed by atoms with Gasteiger partial charge in [-0.1, -0.05) is 11.8 Å². The Morgan fingerprint density at radius 2 is 2.11 bits per heavy atom. The van der Waals surface area contributed by atoms with Crippen molar-refractivity contribution in [3.8, 4) is 11.8 Å². The highest BCUT2D eigenvalue weighted by Gasteiger charge is 2.30. The maximum absolute atomic E-state index is 12.5. The molecular weight excluding hydrogens is 259 g/mol. The molecule has 0 heterocycles. The van der Waals surface area contributed by atoms with Gasteiger partial charge in [0.2, 0.25) is 0 Å². The minimum atomic E-state index is -4.43. The molecule has 0 radical (unpaired) electrons. The fourth-order valence-electron chi connectivity index (χ4n) is 1.27. The third kappa shape index (κ3) is 4.54. The van der Waals surface area contributed by atoms with Gasteiger partial charge in [-0.2, -0.15) is 13.2 Å². The van der Waals surface area contributed by atoms with Crippen LogP contribution in [0.15, 0.2) is 18.2 Å². The number of benzene rings is 1. The van der Waals surface area contributed by atoms with Gasteiger partial charge in [-0.25, -0.2) is 0 Å². The van der Waals surface area contributed by atoms with E-state index < -0.39 is 17.7 Å². The fraction of sp³-hybridized carbons (Fsp3) is 0.308. The van der Waals surface area contributed by atoms with Crippen LogP contribution in [0, 0.1) is 11.8 Å². The summed E-state index contributed by atoms with van der Waals surface area (Å²) in [4.78, 5) is 10.8. The van der Waals surface area contributed by atoms with Gasteiger partial charge >= 0.3 is 12.1 Å². The van der Waals surface area contributed by atoms with Crippen molar-refractivity contribution in [3.05, 3.63) is 29.3 Å². The van der Waals surface area contributed by atoms with E-state index in [1.807, 2.05) is 0 Å². The van der Waals surface area contributed by atoms with E-state index in [1.165, 1.54) is 7.11 Å². The minimum Gasteiger partial charge on any atom is -0.469 e. The lowest BCUT2D eigenvalue weighted by atomic mass is 10.1. The number of ether oxygens (including phenoxy) is 1. The Morgan fingerprint density at radius 1 is 1.42 bits per heavy atom. The zero-order valence-corrected chi connectivity index (χ0v) is 10.2. The lowest BCUT2D eigenvalue weighted by Gasteiger charge is -2.07. The van der Waals surface area contributed by atoms with Gasteiger partial charge in [0.1, 0.15) is 0 Å². The topological polar surface area (TPSA) is 52.3 Å². The van der Waals surface area contributed by atoms with E-state index in [0.29, 0.717) is 0 Å². The number of carbonyl (C=O) groups excluding carboxylic acids is 1. The van der Waals surface area contributed by atoms with Gasteiger partial charge in [0.15, 0.2) is 0 Å². The van der Waals surface area contributed by atoms with E-state index in [4.69, 9.17) is 5.73 Å². The van der Waals surface area contributed by atoms with Crippen molar-refractivity contribution in [2.45, 2.75) is 19.0 Å². The first kappa shape index (κ1) is 14.9. The van der Waals surface area contributed by atoms with Crippen LogP contribution in [-0.2, 0) is 15.7 Å². The van der Waals surface area contributed by atoms with E-state index in [1.54, 1.807) is 0 Å². The van der Waals surface area contributed by atoms with Crippen molar-refractivity contribution in [3.63, 3.8) is 0 Å². The molecule has 0 atom stereocenters. The van der Waals surface area contributed by atoms with Crippen LogP contribution in [0.2, 0.25) is 0 Å². The number of hydrogen-bond donors (Lipinski definition) is 1. The predicted molar refractivity (Wildman–Crippen MR) is 64.0 cm³/mol. The molecule has 19 heavy (non-hydrogen) atoms. The second kappa shape index (κ2) is 6.14. The molecule has 1 rings (SSSR count). The van der Waals surface area contributed by atoms with E-state index in [2.05, 4.69) is 16.6 Å². The lowest BCUT2D eigenvalue weighted by Crippen LogP contribution is -2.06. The first-order valence-corrected chi connectivity index (χ1v) is 5.37. The number of esters is 1. The largest absolute Gasteiger partial charge is 0.469 e. The Kier molecular flexibility index (Phi) is 4.81. The minimum absolute atomic E-state index is 0.0857. The quantitative estimate of drug-likeness (QED) is 0.511. The summed E-state index contributed by atoms with van der Waals surface area (Å²) in [5.41, 5.74) is 5.00. The zero-order chi connectivity index (χ0) is 14.5. The van der Waals surface area contributed by atoms with E-state index in [9.17, 15) is 18.0 Å². The van der Waals surface area contributed by atoms with Gasteiger partial charge in [0, 0.05) is 17.7 Å². The van der Waals surface area contributed by atoms with Crippen LogP contribution in [0.3, 0.4) is 0 Å². The van der Waals surface area contributed by atoms with Gasteiger partial charge in [-0.05, 0) is 18.2 Å². The summed E-state index contributed by atoms with van der Waals surface area (Å²) in [7, 11) is 1.25. The molecule has 3 nitrogen and oxygen atoms in total. The van der Waals surface area contributed by atoms with Crippen molar-refractivity contribution >= 4 is 11.7 Å². The summed E-state index contributed by atoms with van der Waals surface area (Å²) in [5.74, 6) is 4.69. The molecule has 0 saturated carbocycles. The summed E-state index contributed by atoms with van der Waals surface area (Å²) in [5, 5.41) is 0. The number of hydrogen-bond acceptors (Lipinski definition) is 3. The molecule has 0 bridgehead atoms. The molecule has 0 fully saturated rings. The molecular formula is C13H12F3NO2. The van der Waals surface area contributed by atoms with E-state index in [-0.39, 0.29) is 24.1 Å². The third-order valence-electron chi connectivity index (χ3n) is 2.29. The average molecular weight is 271 g/mol. The van der Waals surface area contributed by atoms with Gasteiger partial charge in [0.05, 0.1) is 19.1 Å². The number of alkyl halides is 3. The van der Waals surface area contributed by atoms with Crippen LogP contribution in [0.4, 0.5) is 18.9 Å². The summed E-state index contributed by atoms with van der Waals surface area (Å²) in [6.45, 7) is 0. The summed E-state index contributed by atoms with van der Waals surface area (Å²) in [6, 6.07) is 2.95. The van der Waals surface area contributed by atoms with Crippen LogP contribution in [0.1, 0.15) is 24.0 Å². The number of carbonyl (C=O) groups is 1. The fourth-order valence-corrected chi connectivity index (χ4v) is 1.27. The van der Waals surface area contributed by atoms with E-state index in [0.717, 1.165) is 18.2 Å². The highest BCUT2D eigenvalue weighted by Crippen LogP contribution is 2.30. The van der Waals surface area contributed by atoms with Gasteiger partial charge < -0.3 is 10.5 Å². The standard InChI is InChI=1S/C13H12F3NO2/c1-19-12(18)5-3-2-4-9-8-10(13(14,15)16)6-7-11(9)17/h6-8H,3,5,17H2,1H3. The van der Waals surface area contributed by atoms with Crippen LogP contribution in [0.25, 0.3) is 0 Å². The van der Waals surface area contributed by atoms with Crippen molar-refractivity contribution in [2.24, 2.45) is 0 Å². The molecule has 2 N–H and O–H groups in total. The predicted octanol–water partition coefficient (Wildman–Crippen LogP) is 2.59.